The van der Waals surface area contributed by atoms with Crippen LogP contribution >= 0.6 is 11.8 Å². The van der Waals surface area contributed by atoms with Gasteiger partial charge in [0.25, 0.3) is 0 Å². The zero-order valence-electron chi connectivity index (χ0n) is 7.47. The van der Waals surface area contributed by atoms with Crippen molar-refractivity contribution >= 4 is 11.8 Å². The molecular formula is C9H14N2S. The molecule has 2 aliphatic heterocycles. The second kappa shape index (κ2) is 3.15. The molecule has 0 saturated heterocycles. The SMILES string of the molecule is CN1C=CC(C2CC=CS2)N1C. The second-order valence-corrected chi connectivity index (χ2v) is 4.41. The van der Waals surface area contributed by atoms with Crippen molar-refractivity contribution in [2.24, 2.45) is 0 Å². The quantitative estimate of drug-likeness (QED) is 0.609. The molecule has 2 atom stereocenters. The van der Waals surface area contributed by atoms with Crippen LogP contribution in [0, 0.1) is 0 Å². The molecule has 0 aromatic rings. The van der Waals surface area contributed by atoms with Crippen LogP contribution in [0.4, 0.5) is 0 Å². The van der Waals surface area contributed by atoms with Gasteiger partial charge in [0.15, 0.2) is 0 Å². The lowest BCUT2D eigenvalue weighted by Crippen LogP contribution is -2.40. The number of thioether (sulfide) groups is 1. The molecule has 2 rings (SSSR count). The van der Waals surface area contributed by atoms with Crippen molar-refractivity contribution in [3.63, 3.8) is 0 Å². The monoisotopic (exact) mass is 182 g/mol. The molecule has 0 radical (unpaired) electrons. The topological polar surface area (TPSA) is 6.48 Å². The minimum atomic E-state index is 0.579. The van der Waals surface area contributed by atoms with Gasteiger partial charge in [0.05, 0.1) is 6.04 Å². The van der Waals surface area contributed by atoms with E-state index in [9.17, 15) is 0 Å². The summed E-state index contributed by atoms with van der Waals surface area (Å²) in [5, 5.41) is 7.36. The Balaban J connectivity index is 2.01. The van der Waals surface area contributed by atoms with Crippen molar-refractivity contribution < 1.29 is 0 Å². The van der Waals surface area contributed by atoms with Crippen LogP contribution < -0.4 is 0 Å². The van der Waals surface area contributed by atoms with Crippen LogP contribution in [-0.4, -0.2) is 35.4 Å². The van der Waals surface area contributed by atoms with E-state index in [2.05, 4.69) is 47.9 Å². The molecule has 0 bridgehead atoms. The lowest BCUT2D eigenvalue weighted by molar-refractivity contribution is 0.0733. The molecule has 2 unspecified atom stereocenters. The van der Waals surface area contributed by atoms with Gasteiger partial charge in [-0.25, -0.2) is 5.01 Å². The van der Waals surface area contributed by atoms with E-state index in [0.717, 1.165) is 5.25 Å². The number of hydrogen-bond donors (Lipinski definition) is 0. The molecule has 0 aliphatic carbocycles. The highest BCUT2D eigenvalue weighted by molar-refractivity contribution is 8.03. The molecule has 0 saturated carbocycles. The van der Waals surface area contributed by atoms with Gasteiger partial charge in [0.1, 0.15) is 0 Å². The van der Waals surface area contributed by atoms with Gasteiger partial charge in [-0.05, 0) is 17.9 Å². The second-order valence-electron chi connectivity index (χ2n) is 3.26. The summed E-state index contributed by atoms with van der Waals surface area (Å²) in [4.78, 5) is 0. The third kappa shape index (κ3) is 1.27. The van der Waals surface area contributed by atoms with Gasteiger partial charge < -0.3 is 5.01 Å². The molecule has 2 nitrogen and oxygen atoms in total. The summed E-state index contributed by atoms with van der Waals surface area (Å²) in [7, 11) is 4.23. The van der Waals surface area contributed by atoms with Gasteiger partial charge in [-0.3, -0.25) is 0 Å². The number of hydrogen-bond acceptors (Lipinski definition) is 3. The van der Waals surface area contributed by atoms with Crippen LogP contribution in [0.5, 0.6) is 0 Å². The summed E-state index contributed by atoms with van der Waals surface area (Å²) in [5.74, 6) is 0. The van der Waals surface area contributed by atoms with Crippen LogP contribution in [0.1, 0.15) is 6.42 Å². The fraction of sp³-hybridized carbons (Fsp3) is 0.556. The first-order valence-electron chi connectivity index (χ1n) is 4.23. The number of nitrogens with zero attached hydrogens (tertiary/aromatic N) is 2. The molecule has 0 aromatic carbocycles. The summed E-state index contributed by atoms with van der Waals surface area (Å²) >= 11 is 1.95. The first-order chi connectivity index (χ1) is 5.79. The number of rotatable bonds is 1. The Bertz CT molecular complexity index is 217. The van der Waals surface area contributed by atoms with Gasteiger partial charge in [-0.2, -0.15) is 0 Å². The zero-order chi connectivity index (χ0) is 8.55. The number of likely N-dealkylation sites (N-methyl/N-ethyl adjacent to an activating group) is 1. The average Bonchev–Trinajstić information content (AvgIpc) is 2.64. The van der Waals surface area contributed by atoms with E-state index >= 15 is 0 Å². The molecule has 0 N–H and O–H groups in total. The Labute approximate surface area is 77.9 Å². The van der Waals surface area contributed by atoms with Crippen molar-refractivity contribution in [3.05, 3.63) is 23.8 Å². The highest BCUT2D eigenvalue weighted by Gasteiger charge is 2.29. The Morgan fingerprint density at radius 1 is 1.42 bits per heavy atom. The predicted octanol–water partition coefficient (Wildman–Crippen LogP) is 1.68. The lowest BCUT2D eigenvalue weighted by Gasteiger charge is -2.29. The molecular weight excluding hydrogens is 168 g/mol. The van der Waals surface area contributed by atoms with Crippen molar-refractivity contribution in [1.82, 2.24) is 10.0 Å². The Hall–Kier alpha value is -0.410. The normalized spacial score (nSPS) is 35.3. The van der Waals surface area contributed by atoms with E-state index in [1.165, 1.54) is 6.42 Å². The molecule has 0 fully saturated rings. The van der Waals surface area contributed by atoms with Gasteiger partial charge >= 0.3 is 0 Å². The van der Waals surface area contributed by atoms with Crippen LogP contribution in [0.3, 0.4) is 0 Å². The van der Waals surface area contributed by atoms with Crippen LogP contribution in [0.25, 0.3) is 0 Å². The number of allylic oxidation sites excluding steroid dienone is 1. The molecule has 0 spiro atoms. The fourth-order valence-electron chi connectivity index (χ4n) is 1.64. The van der Waals surface area contributed by atoms with Gasteiger partial charge in [-0.15, -0.1) is 11.8 Å². The summed E-state index contributed by atoms with van der Waals surface area (Å²) in [6.45, 7) is 0. The maximum absolute atomic E-state index is 2.28. The highest BCUT2D eigenvalue weighted by Crippen LogP contribution is 2.31. The van der Waals surface area contributed by atoms with Crippen molar-refractivity contribution in [3.8, 4) is 0 Å². The van der Waals surface area contributed by atoms with E-state index in [0.29, 0.717) is 6.04 Å². The first kappa shape index (κ1) is 8.20. The van der Waals surface area contributed by atoms with Crippen LogP contribution in [0.15, 0.2) is 23.8 Å². The summed E-state index contributed by atoms with van der Waals surface area (Å²) in [5.41, 5.74) is 0. The van der Waals surface area contributed by atoms with Crippen molar-refractivity contribution in [2.45, 2.75) is 17.7 Å². The molecule has 0 aromatic heterocycles. The van der Waals surface area contributed by atoms with Crippen LogP contribution in [-0.2, 0) is 0 Å². The lowest BCUT2D eigenvalue weighted by atomic mass is 10.1. The third-order valence-electron chi connectivity index (χ3n) is 2.53. The largest absolute Gasteiger partial charge is 0.316 e. The maximum Gasteiger partial charge on any atom is 0.0612 e. The van der Waals surface area contributed by atoms with Crippen molar-refractivity contribution in [1.29, 1.82) is 0 Å². The molecule has 66 valence electrons. The minimum absolute atomic E-state index is 0.579. The molecule has 3 heteroatoms. The summed E-state index contributed by atoms with van der Waals surface area (Å²) in [6.07, 6.45) is 7.89. The van der Waals surface area contributed by atoms with E-state index in [1.54, 1.807) is 0 Å². The predicted molar refractivity (Wildman–Crippen MR) is 53.6 cm³/mol. The van der Waals surface area contributed by atoms with E-state index in [4.69, 9.17) is 0 Å². The molecule has 12 heavy (non-hydrogen) atoms. The van der Waals surface area contributed by atoms with Crippen LogP contribution in [0.2, 0.25) is 0 Å². The Morgan fingerprint density at radius 3 is 2.75 bits per heavy atom. The van der Waals surface area contributed by atoms with Crippen molar-refractivity contribution in [2.75, 3.05) is 14.1 Å². The highest BCUT2D eigenvalue weighted by atomic mass is 32.2. The van der Waals surface area contributed by atoms with Gasteiger partial charge in [0.2, 0.25) is 0 Å². The number of hydrazine groups is 1. The van der Waals surface area contributed by atoms with E-state index in [1.807, 2.05) is 11.8 Å². The summed E-state index contributed by atoms with van der Waals surface area (Å²) in [6, 6.07) is 0.579. The van der Waals surface area contributed by atoms with Gasteiger partial charge in [-0.1, -0.05) is 6.08 Å². The maximum atomic E-state index is 2.28. The van der Waals surface area contributed by atoms with Gasteiger partial charge in [0, 0.05) is 25.5 Å². The smallest absolute Gasteiger partial charge is 0.0612 e. The molecule has 2 aliphatic rings. The fourth-order valence-corrected chi connectivity index (χ4v) is 2.71. The average molecular weight is 182 g/mol. The standard InChI is InChI=1S/C9H14N2S/c1-10-6-5-8(11(10)2)9-4-3-7-12-9/h3,5-9H,4H2,1-2H3. The minimum Gasteiger partial charge on any atom is -0.316 e. The molecule has 0 amide bonds. The van der Waals surface area contributed by atoms with E-state index < -0.39 is 0 Å². The zero-order valence-corrected chi connectivity index (χ0v) is 8.29. The summed E-state index contributed by atoms with van der Waals surface area (Å²) < 4.78 is 0. The van der Waals surface area contributed by atoms with E-state index in [-0.39, 0.29) is 0 Å². The third-order valence-corrected chi connectivity index (χ3v) is 3.70. The first-order valence-corrected chi connectivity index (χ1v) is 5.17. The Morgan fingerprint density at radius 2 is 2.25 bits per heavy atom. The molecule has 2 heterocycles. The Kier molecular flexibility index (Phi) is 2.15.